The minimum atomic E-state index is 0. The number of hydrogen-bond acceptors (Lipinski definition) is 4. The van der Waals surface area contributed by atoms with Crippen LogP contribution < -0.4 is 14.8 Å². The Morgan fingerprint density at radius 3 is 2.57 bits per heavy atom. The number of nitrogens with one attached hydrogen (secondary N) is 1. The van der Waals surface area contributed by atoms with Crippen LogP contribution in [0.2, 0.25) is 0 Å². The molecule has 23 heavy (non-hydrogen) atoms. The Labute approximate surface area is 143 Å². The van der Waals surface area contributed by atoms with Crippen LogP contribution in [0.15, 0.2) is 18.2 Å². The molecule has 1 N–H and O–H groups in total. The Balaban J connectivity index is 0.00000192. The molecule has 0 radical (unpaired) electrons. The van der Waals surface area contributed by atoms with Gasteiger partial charge in [0.25, 0.3) is 5.91 Å². The molecule has 2 aliphatic rings. The number of amides is 1. The van der Waals surface area contributed by atoms with Crippen molar-refractivity contribution >= 4 is 18.3 Å². The van der Waals surface area contributed by atoms with Gasteiger partial charge in [0.05, 0.1) is 19.8 Å². The van der Waals surface area contributed by atoms with Crippen LogP contribution in [-0.4, -0.2) is 51.2 Å². The zero-order valence-corrected chi connectivity index (χ0v) is 14.6. The topological polar surface area (TPSA) is 50.8 Å². The molecule has 5 nitrogen and oxygen atoms in total. The lowest BCUT2D eigenvalue weighted by atomic mass is 9.78. The molecule has 1 amide bonds. The summed E-state index contributed by atoms with van der Waals surface area (Å²) in [4.78, 5) is 14.9. The van der Waals surface area contributed by atoms with Gasteiger partial charge in [0, 0.05) is 13.1 Å². The maximum absolute atomic E-state index is 12.9. The van der Waals surface area contributed by atoms with Gasteiger partial charge in [-0.1, -0.05) is 6.07 Å². The van der Waals surface area contributed by atoms with Gasteiger partial charge in [0.15, 0.2) is 11.5 Å². The van der Waals surface area contributed by atoms with E-state index in [9.17, 15) is 4.79 Å². The number of ether oxygens (including phenoxy) is 2. The van der Waals surface area contributed by atoms with E-state index < -0.39 is 0 Å². The van der Waals surface area contributed by atoms with Gasteiger partial charge < -0.3 is 19.7 Å². The summed E-state index contributed by atoms with van der Waals surface area (Å²) in [5.74, 6) is 1.18. The first-order valence-electron chi connectivity index (χ1n) is 7.90. The molecule has 2 heterocycles. The molecular formula is C17H25ClN2O3. The highest BCUT2D eigenvalue weighted by Gasteiger charge is 2.41. The van der Waals surface area contributed by atoms with E-state index in [2.05, 4.69) is 5.32 Å². The highest BCUT2D eigenvalue weighted by atomic mass is 35.5. The summed E-state index contributed by atoms with van der Waals surface area (Å²) >= 11 is 0. The molecule has 3 rings (SSSR count). The van der Waals surface area contributed by atoms with E-state index >= 15 is 0 Å². The standard InChI is InChI=1S/C17H24N2O3.ClH/c1-21-14-5-3-4-13(15(14)22-2)16(20)19-11-8-17(12-19)6-9-18-10-7-17;/h3-5,18H,6-12H2,1-2H3;1H. The molecular weight excluding hydrogens is 316 g/mol. The Bertz CT molecular complexity index is 559. The largest absolute Gasteiger partial charge is 0.493 e. The first kappa shape index (κ1) is 17.9. The van der Waals surface area contributed by atoms with E-state index in [1.54, 1.807) is 14.2 Å². The maximum atomic E-state index is 12.9. The van der Waals surface area contributed by atoms with Gasteiger partial charge in [-0.3, -0.25) is 4.79 Å². The van der Waals surface area contributed by atoms with Gasteiger partial charge in [-0.05, 0) is 49.9 Å². The van der Waals surface area contributed by atoms with Gasteiger partial charge in [0.2, 0.25) is 0 Å². The van der Waals surface area contributed by atoms with Crippen molar-refractivity contribution < 1.29 is 14.3 Å². The van der Waals surface area contributed by atoms with Crippen LogP contribution in [0.5, 0.6) is 11.5 Å². The molecule has 0 atom stereocenters. The molecule has 0 bridgehead atoms. The predicted octanol–water partition coefficient (Wildman–Crippen LogP) is 2.34. The van der Waals surface area contributed by atoms with Crippen LogP contribution in [0.3, 0.4) is 0 Å². The third kappa shape index (κ3) is 3.40. The zero-order valence-electron chi connectivity index (χ0n) is 13.8. The van der Waals surface area contributed by atoms with Crippen LogP contribution in [0.25, 0.3) is 0 Å². The summed E-state index contributed by atoms with van der Waals surface area (Å²) in [6.45, 7) is 3.81. The fourth-order valence-corrected chi connectivity index (χ4v) is 3.70. The van der Waals surface area contributed by atoms with Crippen molar-refractivity contribution in [2.45, 2.75) is 19.3 Å². The number of methoxy groups -OCH3 is 2. The lowest BCUT2D eigenvalue weighted by Crippen LogP contribution is -2.39. The second-order valence-corrected chi connectivity index (χ2v) is 6.27. The molecule has 2 fully saturated rings. The molecule has 1 aromatic rings. The number of piperidine rings is 1. The van der Waals surface area contributed by atoms with Crippen molar-refractivity contribution in [2.24, 2.45) is 5.41 Å². The molecule has 2 saturated heterocycles. The molecule has 6 heteroatoms. The summed E-state index contributed by atoms with van der Waals surface area (Å²) in [6.07, 6.45) is 3.42. The average Bonchev–Trinajstić information content (AvgIpc) is 2.97. The van der Waals surface area contributed by atoms with Gasteiger partial charge in [0.1, 0.15) is 0 Å². The van der Waals surface area contributed by atoms with Crippen molar-refractivity contribution in [1.82, 2.24) is 10.2 Å². The lowest BCUT2D eigenvalue weighted by molar-refractivity contribution is 0.0758. The fraction of sp³-hybridized carbons (Fsp3) is 0.588. The van der Waals surface area contributed by atoms with E-state index in [1.807, 2.05) is 23.1 Å². The number of para-hydroxylation sites is 1. The summed E-state index contributed by atoms with van der Waals surface area (Å²) in [6, 6.07) is 5.47. The van der Waals surface area contributed by atoms with Gasteiger partial charge in [-0.2, -0.15) is 0 Å². The van der Waals surface area contributed by atoms with E-state index in [1.165, 1.54) is 0 Å². The number of benzene rings is 1. The van der Waals surface area contributed by atoms with Crippen molar-refractivity contribution in [3.05, 3.63) is 23.8 Å². The molecule has 0 aromatic heterocycles. The molecule has 128 valence electrons. The number of carbonyl (C=O) groups is 1. The number of rotatable bonds is 3. The monoisotopic (exact) mass is 340 g/mol. The second-order valence-electron chi connectivity index (χ2n) is 6.27. The smallest absolute Gasteiger partial charge is 0.257 e. The van der Waals surface area contributed by atoms with Crippen molar-refractivity contribution in [2.75, 3.05) is 40.4 Å². The molecule has 0 aliphatic carbocycles. The Kier molecular flexibility index (Phi) is 5.76. The lowest BCUT2D eigenvalue weighted by Gasteiger charge is -2.33. The first-order valence-corrected chi connectivity index (χ1v) is 7.90. The number of nitrogens with zero attached hydrogens (tertiary/aromatic N) is 1. The quantitative estimate of drug-likeness (QED) is 0.917. The maximum Gasteiger partial charge on any atom is 0.257 e. The summed E-state index contributed by atoms with van der Waals surface area (Å²) in [5, 5.41) is 3.40. The van der Waals surface area contributed by atoms with Crippen molar-refractivity contribution in [1.29, 1.82) is 0 Å². The molecule has 1 spiro atoms. The number of halogens is 1. The summed E-state index contributed by atoms with van der Waals surface area (Å²) < 4.78 is 10.7. The zero-order chi connectivity index (χ0) is 15.6. The molecule has 0 unspecified atom stereocenters. The normalized spacial score (nSPS) is 19.3. The van der Waals surface area contributed by atoms with Crippen LogP contribution in [0, 0.1) is 5.41 Å². The van der Waals surface area contributed by atoms with Crippen molar-refractivity contribution in [3.63, 3.8) is 0 Å². The average molecular weight is 341 g/mol. The third-order valence-corrected chi connectivity index (χ3v) is 5.02. The Hall–Kier alpha value is -1.46. The fourth-order valence-electron chi connectivity index (χ4n) is 3.70. The van der Waals surface area contributed by atoms with Crippen LogP contribution in [0.1, 0.15) is 29.6 Å². The highest BCUT2D eigenvalue weighted by molar-refractivity contribution is 5.98. The van der Waals surface area contributed by atoms with Gasteiger partial charge >= 0.3 is 0 Å². The minimum Gasteiger partial charge on any atom is -0.493 e. The third-order valence-electron chi connectivity index (χ3n) is 5.02. The van der Waals surface area contributed by atoms with E-state index in [0.29, 0.717) is 22.5 Å². The predicted molar refractivity (Wildman–Crippen MR) is 91.9 cm³/mol. The van der Waals surface area contributed by atoms with Gasteiger partial charge in [-0.15, -0.1) is 12.4 Å². The van der Waals surface area contributed by atoms with Crippen LogP contribution >= 0.6 is 12.4 Å². The van der Waals surface area contributed by atoms with E-state index in [-0.39, 0.29) is 18.3 Å². The number of likely N-dealkylation sites (tertiary alicyclic amines) is 1. The SMILES string of the molecule is COc1cccc(C(=O)N2CCC3(CCNCC3)C2)c1OC.Cl. The Morgan fingerprint density at radius 2 is 1.91 bits per heavy atom. The van der Waals surface area contributed by atoms with Crippen LogP contribution in [-0.2, 0) is 0 Å². The molecule has 1 aromatic carbocycles. The second kappa shape index (κ2) is 7.41. The summed E-state index contributed by atoms with van der Waals surface area (Å²) in [5.41, 5.74) is 0.903. The number of hydrogen-bond donors (Lipinski definition) is 1. The van der Waals surface area contributed by atoms with E-state index in [0.717, 1.165) is 45.4 Å². The summed E-state index contributed by atoms with van der Waals surface area (Å²) in [7, 11) is 3.17. The minimum absolute atomic E-state index is 0. The first-order chi connectivity index (χ1) is 10.7. The highest BCUT2D eigenvalue weighted by Crippen LogP contribution is 2.40. The number of carbonyl (C=O) groups excluding carboxylic acids is 1. The van der Waals surface area contributed by atoms with Crippen molar-refractivity contribution in [3.8, 4) is 11.5 Å². The molecule has 2 aliphatic heterocycles. The van der Waals surface area contributed by atoms with Gasteiger partial charge in [-0.25, -0.2) is 0 Å². The molecule has 0 saturated carbocycles. The van der Waals surface area contributed by atoms with E-state index in [4.69, 9.17) is 9.47 Å². The van der Waals surface area contributed by atoms with Crippen LogP contribution in [0.4, 0.5) is 0 Å². The Morgan fingerprint density at radius 1 is 1.17 bits per heavy atom.